The standard InChI is InChI=1S/C13H24N8O3/c1-21(9(22)5-3-2-4-6-17-11(14)15)8-7-18-13(19-10(8)23)20-12(16)24/h8H,2-7H2,1H3,(H4,14,15,17)(H4,16,18,19,20,23,24). The summed E-state index contributed by atoms with van der Waals surface area (Å²) in [6.07, 6.45) is 2.58. The van der Waals surface area contributed by atoms with Crippen molar-refractivity contribution in [2.45, 2.75) is 31.7 Å². The van der Waals surface area contributed by atoms with Crippen LogP contribution in [0.15, 0.2) is 9.98 Å². The Labute approximate surface area is 139 Å². The van der Waals surface area contributed by atoms with Gasteiger partial charge in [0.2, 0.25) is 11.9 Å². The number of nitrogens with zero attached hydrogens (tertiary/aromatic N) is 3. The van der Waals surface area contributed by atoms with Crippen molar-refractivity contribution >= 4 is 29.8 Å². The molecule has 11 nitrogen and oxygen atoms in total. The van der Waals surface area contributed by atoms with Gasteiger partial charge in [0.1, 0.15) is 6.04 Å². The second-order valence-corrected chi connectivity index (χ2v) is 5.31. The highest BCUT2D eigenvalue weighted by Gasteiger charge is 2.30. The van der Waals surface area contributed by atoms with E-state index in [1.54, 1.807) is 7.05 Å². The predicted octanol–water partition coefficient (Wildman–Crippen LogP) is -2.20. The van der Waals surface area contributed by atoms with Gasteiger partial charge in [0.25, 0.3) is 5.91 Å². The van der Waals surface area contributed by atoms with E-state index < -0.39 is 18.0 Å². The van der Waals surface area contributed by atoms with Gasteiger partial charge in [0, 0.05) is 20.0 Å². The van der Waals surface area contributed by atoms with E-state index in [1.165, 1.54) is 4.90 Å². The molecule has 1 rings (SSSR count). The van der Waals surface area contributed by atoms with Crippen LogP contribution >= 0.6 is 0 Å². The summed E-state index contributed by atoms with van der Waals surface area (Å²) in [6.45, 7) is 0.593. The van der Waals surface area contributed by atoms with E-state index >= 15 is 0 Å². The van der Waals surface area contributed by atoms with Crippen LogP contribution in [0.3, 0.4) is 0 Å². The van der Waals surface area contributed by atoms with Gasteiger partial charge in [-0.25, -0.2) is 9.79 Å². The van der Waals surface area contributed by atoms with Gasteiger partial charge < -0.3 is 22.1 Å². The summed E-state index contributed by atoms with van der Waals surface area (Å²) in [5.41, 5.74) is 15.4. The van der Waals surface area contributed by atoms with E-state index in [2.05, 4.69) is 20.6 Å². The zero-order valence-electron chi connectivity index (χ0n) is 13.6. The Hall–Kier alpha value is -2.85. The van der Waals surface area contributed by atoms with Crippen molar-refractivity contribution in [2.24, 2.45) is 27.2 Å². The summed E-state index contributed by atoms with van der Waals surface area (Å²) >= 11 is 0. The van der Waals surface area contributed by atoms with Crippen LogP contribution in [0.2, 0.25) is 0 Å². The summed E-state index contributed by atoms with van der Waals surface area (Å²) in [7, 11) is 1.55. The van der Waals surface area contributed by atoms with Crippen LogP contribution < -0.4 is 27.8 Å². The van der Waals surface area contributed by atoms with Gasteiger partial charge >= 0.3 is 6.03 Å². The molecule has 0 fully saturated rings. The lowest BCUT2D eigenvalue weighted by atomic mass is 10.1. The van der Waals surface area contributed by atoms with Gasteiger partial charge in [0.05, 0.1) is 6.54 Å². The molecule has 0 aliphatic carbocycles. The Balaban J connectivity index is 2.38. The topological polar surface area (TPSA) is 181 Å². The molecule has 134 valence electrons. The molecule has 0 aromatic carbocycles. The number of primary amides is 1. The van der Waals surface area contributed by atoms with Crippen LogP contribution in [0.1, 0.15) is 25.7 Å². The minimum Gasteiger partial charge on any atom is -0.370 e. The molecule has 1 aliphatic rings. The predicted molar refractivity (Wildman–Crippen MR) is 88.9 cm³/mol. The molecule has 1 atom stereocenters. The second kappa shape index (κ2) is 9.33. The molecular weight excluding hydrogens is 316 g/mol. The van der Waals surface area contributed by atoms with Crippen LogP contribution in [0.5, 0.6) is 0 Å². The molecule has 0 bridgehead atoms. The smallest absolute Gasteiger partial charge is 0.318 e. The Morgan fingerprint density at radius 3 is 2.62 bits per heavy atom. The SMILES string of the molecule is CN(C(=O)CCCCCN=C(N)N)C1CN=C(NC(N)=O)NC1=O. The first kappa shape index (κ1) is 19.2. The number of aliphatic imine (C=N–C) groups is 2. The molecule has 8 N–H and O–H groups in total. The second-order valence-electron chi connectivity index (χ2n) is 5.31. The van der Waals surface area contributed by atoms with Crippen molar-refractivity contribution in [1.29, 1.82) is 0 Å². The number of likely N-dealkylation sites (N-methyl/N-ethyl adjacent to an activating group) is 1. The number of nitrogens with two attached hydrogens (primary N) is 3. The number of unbranched alkanes of at least 4 members (excludes halogenated alkanes) is 2. The summed E-state index contributed by atoms with van der Waals surface area (Å²) in [5.74, 6) is -0.528. The van der Waals surface area contributed by atoms with Crippen LogP contribution in [0.4, 0.5) is 4.79 Å². The number of rotatable bonds is 7. The highest BCUT2D eigenvalue weighted by Crippen LogP contribution is 2.08. The van der Waals surface area contributed by atoms with Crippen molar-refractivity contribution in [1.82, 2.24) is 15.5 Å². The van der Waals surface area contributed by atoms with Gasteiger partial charge in [-0.3, -0.25) is 25.2 Å². The maximum Gasteiger partial charge on any atom is 0.318 e. The molecule has 1 heterocycles. The molecule has 0 saturated carbocycles. The first-order chi connectivity index (χ1) is 11.3. The number of amides is 4. The van der Waals surface area contributed by atoms with Gasteiger partial charge in [0.15, 0.2) is 5.96 Å². The average Bonchev–Trinajstić information content (AvgIpc) is 2.49. The fourth-order valence-corrected chi connectivity index (χ4v) is 2.11. The minimum absolute atomic E-state index is 0.00988. The molecule has 1 aliphatic heterocycles. The van der Waals surface area contributed by atoms with Crippen molar-refractivity contribution in [3.05, 3.63) is 0 Å². The van der Waals surface area contributed by atoms with Crippen molar-refractivity contribution in [3.63, 3.8) is 0 Å². The van der Waals surface area contributed by atoms with Gasteiger partial charge in [-0.15, -0.1) is 0 Å². The molecule has 11 heteroatoms. The van der Waals surface area contributed by atoms with Crippen LogP contribution in [0.25, 0.3) is 0 Å². The lowest BCUT2D eigenvalue weighted by Gasteiger charge is -2.29. The quantitative estimate of drug-likeness (QED) is 0.200. The van der Waals surface area contributed by atoms with Gasteiger partial charge in [-0.1, -0.05) is 6.42 Å². The third-order valence-electron chi connectivity index (χ3n) is 3.41. The number of hydrogen-bond donors (Lipinski definition) is 5. The Morgan fingerprint density at radius 1 is 1.33 bits per heavy atom. The fourth-order valence-electron chi connectivity index (χ4n) is 2.11. The zero-order valence-corrected chi connectivity index (χ0v) is 13.6. The summed E-state index contributed by atoms with van der Waals surface area (Å²) < 4.78 is 0. The van der Waals surface area contributed by atoms with Crippen LogP contribution in [-0.4, -0.2) is 60.8 Å². The first-order valence-electron chi connectivity index (χ1n) is 7.54. The summed E-state index contributed by atoms with van der Waals surface area (Å²) in [6, 6.07) is -1.53. The maximum absolute atomic E-state index is 12.1. The molecule has 4 amide bonds. The zero-order chi connectivity index (χ0) is 18.1. The molecular formula is C13H24N8O3. The van der Waals surface area contributed by atoms with Crippen LogP contribution in [0, 0.1) is 0 Å². The number of nitrogens with one attached hydrogen (secondary N) is 2. The van der Waals surface area contributed by atoms with Crippen molar-refractivity contribution in [3.8, 4) is 0 Å². The van der Waals surface area contributed by atoms with Crippen molar-refractivity contribution < 1.29 is 14.4 Å². The van der Waals surface area contributed by atoms with Crippen molar-refractivity contribution in [2.75, 3.05) is 20.1 Å². The fraction of sp³-hybridized carbons (Fsp3) is 0.615. The Bertz CT molecular complexity index is 541. The molecule has 0 radical (unpaired) electrons. The maximum atomic E-state index is 12.1. The third-order valence-corrected chi connectivity index (χ3v) is 3.41. The summed E-state index contributed by atoms with van der Waals surface area (Å²) in [4.78, 5) is 44.0. The number of carbonyl (C=O) groups is 3. The summed E-state index contributed by atoms with van der Waals surface area (Å²) in [5, 5.41) is 4.58. The highest BCUT2D eigenvalue weighted by atomic mass is 16.2. The van der Waals surface area contributed by atoms with E-state index in [4.69, 9.17) is 17.2 Å². The lowest BCUT2D eigenvalue weighted by Crippen LogP contribution is -2.58. The molecule has 0 saturated heterocycles. The molecule has 0 aromatic rings. The number of urea groups is 1. The highest BCUT2D eigenvalue weighted by molar-refractivity contribution is 6.07. The number of guanidine groups is 2. The normalized spacial score (nSPS) is 16.6. The minimum atomic E-state index is -0.822. The molecule has 1 unspecified atom stereocenters. The van der Waals surface area contributed by atoms with E-state index in [0.717, 1.165) is 12.8 Å². The third kappa shape index (κ3) is 6.50. The average molecular weight is 340 g/mol. The van der Waals surface area contributed by atoms with Gasteiger partial charge in [-0.2, -0.15) is 0 Å². The lowest BCUT2D eigenvalue weighted by molar-refractivity contribution is -0.138. The largest absolute Gasteiger partial charge is 0.370 e. The monoisotopic (exact) mass is 340 g/mol. The molecule has 0 aromatic heterocycles. The molecule has 0 spiro atoms. The van der Waals surface area contributed by atoms with E-state index in [9.17, 15) is 14.4 Å². The van der Waals surface area contributed by atoms with Gasteiger partial charge in [-0.05, 0) is 12.8 Å². The number of hydrogen-bond acceptors (Lipinski definition) is 5. The Morgan fingerprint density at radius 2 is 2.04 bits per heavy atom. The molecule has 24 heavy (non-hydrogen) atoms. The first-order valence-corrected chi connectivity index (χ1v) is 7.54. The number of carbonyl (C=O) groups excluding carboxylic acids is 3. The van der Waals surface area contributed by atoms with E-state index in [0.29, 0.717) is 19.4 Å². The van der Waals surface area contributed by atoms with E-state index in [-0.39, 0.29) is 24.4 Å². The Kier molecular flexibility index (Phi) is 7.46. The van der Waals surface area contributed by atoms with Crippen LogP contribution in [-0.2, 0) is 9.59 Å². The van der Waals surface area contributed by atoms with E-state index in [1.807, 2.05) is 0 Å².